The van der Waals surface area contributed by atoms with E-state index in [4.69, 9.17) is 0 Å². The van der Waals surface area contributed by atoms with Crippen LogP contribution in [0.3, 0.4) is 0 Å². The third kappa shape index (κ3) is 3.72. The second-order valence-electron chi connectivity index (χ2n) is 6.16. The summed E-state index contributed by atoms with van der Waals surface area (Å²) < 4.78 is 4.22. The van der Waals surface area contributed by atoms with Crippen molar-refractivity contribution in [2.45, 2.75) is 45.4 Å². The molecule has 3 N–H and O–H groups in total. The van der Waals surface area contributed by atoms with E-state index >= 15 is 0 Å². The first-order chi connectivity index (χ1) is 11.2. The normalized spacial score (nSPS) is 15.6. The summed E-state index contributed by atoms with van der Waals surface area (Å²) in [5, 5.41) is 13.9. The SMILES string of the molecule is CNc1snc(C)c1C(=O)Nc1cc(CC2CCCCC2)[nH]n1. The molecule has 124 valence electrons. The number of hydrogen-bond acceptors (Lipinski definition) is 5. The zero-order chi connectivity index (χ0) is 16.2. The summed E-state index contributed by atoms with van der Waals surface area (Å²) in [5.74, 6) is 1.15. The number of carbonyl (C=O) groups excluding carboxylic acids is 1. The highest BCUT2D eigenvalue weighted by Crippen LogP contribution is 2.27. The molecule has 1 aliphatic rings. The Labute approximate surface area is 140 Å². The minimum absolute atomic E-state index is 0.170. The predicted molar refractivity (Wildman–Crippen MR) is 93.2 cm³/mol. The van der Waals surface area contributed by atoms with Crippen LogP contribution in [0.15, 0.2) is 6.07 Å². The smallest absolute Gasteiger partial charge is 0.261 e. The molecule has 0 aliphatic heterocycles. The van der Waals surface area contributed by atoms with Gasteiger partial charge < -0.3 is 10.6 Å². The fourth-order valence-electron chi connectivity index (χ4n) is 3.22. The summed E-state index contributed by atoms with van der Waals surface area (Å²) in [7, 11) is 1.79. The molecule has 0 radical (unpaired) electrons. The van der Waals surface area contributed by atoms with Gasteiger partial charge in [-0.1, -0.05) is 32.1 Å². The summed E-state index contributed by atoms with van der Waals surface area (Å²) in [6, 6.07) is 1.95. The van der Waals surface area contributed by atoms with E-state index in [1.165, 1.54) is 43.6 Å². The van der Waals surface area contributed by atoms with E-state index in [9.17, 15) is 4.79 Å². The lowest BCUT2D eigenvalue weighted by molar-refractivity contribution is 0.102. The number of carbonyl (C=O) groups is 1. The topological polar surface area (TPSA) is 82.7 Å². The van der Waals surface area contributed by atoms with Crippen molar-refractivity contribution in [3.05, 3.63) is 23.0 Å². The van der Waals surface area contributed by atoms with Crippen LogP contribution in [0.2, 0.25) is 0 Å². The lowest BCUT2D eigenvalue weighted by Gasteiger charge is -2.20. The molecule has 0 saturated heterocycles. The summed E-state index contributed by atoms with van der Waals surface area (Å²) in [4.78, 5) is 12.4. The van der Waals surface area contributed by atoms with Crippen LogP contribution in [-0.4, -0.2) is 27.5 Å². The van der Waals surface area contributed by atoms with Crippen molar-refractivity contribution in [2.75, 3.05) is 17.7 Å². The average molecular weight is 333 g/mol. The first kappa shape index (κ1) is 16.0. The Morgan fingerprint density at radius 3 is 2.91 bits per heavy atom. The molecule has 0 aromatic carbocycles. The van der Waals surface area contributed by atoms with Crippen LogP contribution in [0.25, 0.3) is 0 Å². The molecule has 0 bridgehead atoms. The van der Waals surface area contributed by atoms with Gasteiger partial charge in [0.2, 0.25) is 0 Å². The van der Waals surface area contributed by atoms with Gasteiger partial charge in [-0.05, 0) is 30.8 Å². The molecule has 2 aromatic rings. The quantitative estimate of drug-likeness (QED) is 0.781. The number of anilines is 2. The number of aryl methyl sites for hydroxylation is 1. The Balaban J connectivity index is 1.64. The van der Waals surface area contributed by atoms with E-state index in [0.29, 0.717) is 11.4 Å². The van der Waals surface area contributed by atoms with Gasteiger partial charge in [-0.15, -0.1) is 0 Å². The average Bonchev–Trinajstić information content (AvgIpc) is 3.14. The molecule has 6 nitrogen and oxygen atoms in total. The second kappa shape index (κ2) is 7.12. The zero-order valence-corrected chi connectivity index (χ0v) is 14.4. The number of H-pyrrole nitrogens is 1. The van der Waals surface area contributed by atoms with Gasteiger partial charge in [0.25, 0.3) is 5.91 Å². The van der Waals surface area contributed by atoms with Crippen molar-refractivity contribution >= 4 is 28.3 Å². The molecule has 3 rings (SSSR count). The maximum Gasteiger partial charge on any atom is 0.261 e. The lowest BCUT2D eigenvalue weighted by atomic mass is 9.86. The fourth-order valence-corrected chi connectivity index (χ4v) is 3.96. The Morgan fingerprint density at radius 2 is 2.17 bits per heavy atom. The van der Waals surface area contributed by atoms with E-state index in [1.54, 1.807) is 7.05 Å². The molecule has 0 atom stereocenters. The van der Waals surface area contributed by atoms with Gasteiger partial charge in [0.1, 0.15) is 5.00 Å². The number of nitrogens with one attached hydrogen (secondary N) is 3. The largest absolute Gasteiger partial charge is 0.378 e. The van der Waals surface area contributed by atoms with Crippen molar-refractivity contribution in [3.63, 3.8) is 0 Å². The van der Waals surface area contributed by atoms with Gasteiger partial charge in [0.15, 0.2) is 5.82 Å². The number of hydrogen-bond donors (Lipinski definition) is 3. The molecule has 1 saturated carbocycles. The lowest BCUT2D eigenvalue weighted by Crippen LogP contribution is -2.14. The number of aromatic amines is 1. The Bertz CT molecular complexity index is 672. The van der Waals surface area contributed by atoms with E-state index in [1.807, 2.05) is 13.0 Å². The van der Waals surface area contributed by atoms with E-state index in [0.717, 1.165) is 28.7 Å². The van der Waals surface area contributed by atoms with Gasteiger partial charge in [0.05, 0.1) is 11.3 Å². The third-order valence-corrected chi connectivity index (χ3v) is 5.38. The molecular formula is C16H23N5OS. The third-order valence-electron chi connectivity index (χ3n) is 4.42. The second-order valence-corrected chi connectivity index (χ2v) is 6.94. The Morgan fingerprint density at radius 1 is 1.39 bits per heavy atom. The summed E-state index contributed by atoms with van der Waals surface area (Å²) in [6.45, 7) is 1.84. The van der Waals surface area contributed by atoms with E-state index in [-0.39, 0.29) is 5.91 Å². The van der Waals surface area contributed by atoms with Crippen molar-refractivity contribution < 1.29 is 4.79 Å². The summed E-state index contributed by atoms with van der Waals surface area (Å²) in [6.07, 6.45) is 7.64. The van der Waals surface area contributed by atoms with Crippen LogP contribution >= 0.6 is 11.5 Å². The maximum absolute atomic E-state index is 12.4. The van der Waals surface area contributed by atoms with Crippen molar-refractivity contribution in [1.29, 1.82) is 0 Å². The van der Waals surface area contributed by atoms with Crippen molar-refractivity contribution in [3.8, 4) is 0 Å². The molecule has 1 amide bonds. The molecule has 0 unspecified atom stereocenters. The van der Waals surface area contributed by atoms with Crippen LogP contribution in [-0.2, 0) is 6.42 Å². The highest BCUT2D eigenvalue weighted by atomic mass is 32.1. The highest BCUT2D eigenvalue weighted by Gasteiger charge is 2.19. The first-order valence-corrected chi connectivity index (χ1v) is 8.94. The Kier molecular flexibility index (Phi) is 4.95. The Hall–Kier alpha value is -1.89. The monoisotopic (exact) mass is 333 g/mol. The van der Waals surface area contributed by atoms with Gasteiger partial charge in [0, 0.05) is 18.8 Å². The number of rotatable bonds is 5. The first-order valence-electron chi connectivity index (χ1n) is 8.17. The predicted octanol–water partition coefficient (Wildman–Crippen LogP) is 3.59. The molecule has 1 aliphatic carbocycles. The summed E-state index contributed by atoms with van der Waals surface area (Å²) >= 11 is 1.29. The van der Waals surface area contributed by atoms with Crippen LogP contribution < -0.4 is 10.6 Å². The minimum atomic E-state index is -0.170. The zero-order valence-electron chi connectivity index (χ0n) is 13.6. The standard InChI is InChI=1S/C16H23N5OS/c1-10-14(16(17-2)23-21-10)15(22)18-13-9-12(19-20-13)8-11-6-4-3-5-7-11/h9,11,17H,3-8H2,1-2H3,(H2,18,19,20,22). The van der Waals surface area contributed by atoms with Crippen LogP contribution in [0.1, 0.15) is 53.8 Å². The van der Waals surface area contributed by atoms with E-state index in [2.05, 4.69) is 25.2 Å². The highest BCUT2D eigenvalue weighted by molar-refractivity contribution is 7.10. The molecule has 23 heavy (non-hydrogen) atoms. The van der Waals surface area contributed by atoms with Crippen molar-refractivity contribution in [2.24, 2.45) is 5.92 Å². The maximum atomic E-state index is 12.4. The number of aromatic nitrogens is 3. The molecule has 2 heterocycles. The van der Waals surface area contributed by atoms with Gasteiger partial charge in [-0.25, -0.2) is 0 Å². The van der Waals surface area contributed by atoms with E-state index < -0.39 is 0 Å². The summed E-state index contributed by atoms with van der Waals surface area (Å²) in [5.41, 5.74) is 2.42. The van der Waals surface area contributed by atoms with Crippen LogP contribution in [0.5, 0.6) is 0 Å². The number of nitrogens with zero attached hydrogens (tertiary/aromatic N) is 2. The minimum Gasteiger partial charge on any atom is -0.378 e. The molecule has 7 heteroatoms. The van der Waals surface area contributed by atoms with Gasteiger partial charge in [-0.3, -0.25) is 9.89 Å². The van der Waals surface area contributed by atoms with Gasteiger partial charge >= 0.3 is 0 Å². The van der Waals surface area contributed by atoms with Gasteiger partial charge in [-0.2, -0.15) is 9.47 Å². The number of amides is 1. The fraction of sp³-hybridized carbons (Fsp3) is 0.562. The molecule has 0 spiro atoms. The van der Waals surface area contributed by atoms with Crippen LogP contribution in [0, 0.1) is 12.8 Å². The molecule has 1 fully saturated rings. The van der Waals surface area contributed by atoms with Crippen molar-refractivity contribution in [1.82, 2.24) is 14.6 Å². The molecular weight excluding hydrogens is 310 g/mol. The molecule has 2 aromatic heterocycles. The van der Waals surface area contributed by atoms with Crippen LogP contribution in [0.4, 0.5) is 10.8 Å².